The van der Waals surface area contributed by atoms with E-state index in [-0.39, 0.29) is 6.42 Å². The first-order chi connectivity index (χ1) is 7.74. The number of hydrazine groups is 1. The first-order valence-corrected chi connectivity index (χ1v) is 5.97. The second kappa shape index (κ2) is 10.9. The summed E-state index contributed by atoms with van der Waals surface area (Å²) in [7, 11) is 0. The lowest BCUT2D eigenvalue weighted by Gasteiger charge is -2.14. The molecule has 0 aliphatic rings. The van der Waals surface area contributed by atoms with Crippen molar-refractivity contribution in [1.82, 2.24) is 5.59 Å². The van der Waals surface area contributed by atoms with Crippen LogP contribution in [0.3, 0.4) is 0 Å². The van der Waals surface area contributed by atoms with Gasteiger partial charge in [0.05, 0.1) is 13.0 Å². The van der Waals surface area contributed by atoms with Gasteiger partial charge in [0.25, 0.3) is 0 Å². The van der Waals surface area contributed by atoms with E-state index in [0.717, 1.165) is 13.0 Å². The zero-order valence-electron chi connectivity index (χ0n) is 10.3. The molecule has 0 aromatic heterocycles. The highest BCUT2D eigenvalue weighted by Gasteiger charge is 2.07. The summed E-state index contributed by atoms with van der Waals surface area (Å²) in [5.41, 5.74) is 1.85. The van der Waals surface area contributed by atoms with E-state index in [1.807, 2.05) is 5.59 Å². The number of ether oxygens (including phenoxy) is 1. The van der Waals surface area contributed by atoms with Gasteiger partial charge >= 0.3 is 5.97 Å². The largest absolute Gasteiger partial charge is 0.381 e. The summed E-state index contributed by atoms with van der Waals surface area (Å²) in [6.45, 7) is 5.46. The molecule has 0 fully saturated rings. The van der Waals surface area contributed by atoms with Crippen LogP contribution in [0.15, 0.2) is 0 Å². The van der Waals surface area contributed by atoms with Crippen molar-refractivity contribution in [3.05, 3.63) is 0 Å². The van der Waals surface area contributed by atoms with Gasteiger partial charge in [-0.05, 0) is 12.3 Å². The Hall–Kier alpha value is -0.650. The first-order valence-electron chi connectivity index (χ1n) is 5.97. The van der Waals surface area contributed by atoms with Crippen LogP contribution >= 0.6 is 0 Å². The Balaban J connectivity index is 3.43. The quantitative estimate of drug-likeness (QED) is 0.339. The molecule has 0 amide bonds. The molecule has 0 radical (unpaired) electrons. The number of carbonyl (C=O) groups excluding carboxylic acids is 1. The highest BCUT2D eigenvalue weighted by atomic mass is 16.7. The van der Waals surface area contributed by atoms with Crippen LogP contribution in [0.4, 0.5) is 0 Å². The van der Waals surface area contributed by atoms with Gasteiger partial charge in [-0.25, -0.2) is 5.84 Å². The van der Waals surface area contributed by atoms with Gasteiger partial charge in [-0.1, -0.05) is 38.7 Å². The van der Waals surface area contributed by atoms with Crippen LogP contribution in [-0.4, -0.2) is 19.2 Å². The Kier molecular flexibility index (Phi) is 10.4. The van der Waals surface area contributed by atoms with E-state index in [1.165, 1.54) is 19.3 Å². The summed E-state index contributed by atoms with van der Waals surface area (Å²) in [6.07, 6.45) is 5.00. The Labute approximate surface area is 97.6 Å². The van der Waals surface area contributed by atoms with Crippen molar-refractivity contribution >= 4 is 5.97 Å². The van der Waals surface area contributed by atoms with Crippen LogP contribution < -0.4 is 11.4 Å². The van der Waals surface area contributed by atoms with Gasteiger partial charge in [-0.3, -0.25) is 4.79 Å². The molecule has 0 heterocycles. The number of hydrogen-bond acceptors (Lipinski definition) is 5. The van der Waals surface area contributed by atoms with E-state index in [4.69, 9.17) is 10.6 Å². The van der Waals surface area contributed by atoms with E-state index >= 15 is 0 Å². The average Bonchev–Trinajstić information content (AvgIpc) is 2.28. The Morgan fingerprint density at radius 2 is 2.19 bits per heavy atom. The molecule has 0 aliphatic carbocycles. The van der Waals surface area contributed by atoms with Gasteiger partial charge in [0.1, 0.15) is 0 Å². The van der Waals surface area contributed by atoms with Gasteiger partial charge in [0.15, 0.2) is 0 Å². The van der Waals surface area contributed by atoms with E-state index in [2.05, 4.69) is 18.7 Å². The molecule has 0 aliphatic heterocycles. The average molecular weight is 232 g/mol. The Morgan fingerprint density at radius 3 is 2.75 bits per heavy atom. The van der Waals surface area contributed by atoms with Crippen molar-refractivity contribution in [2.75, 3.05) is 13.2 Å². The van der Waals surface area contributed by atoms with E-state index in [1.54, 1.807) is 0 Å². The number of unbranched alkanes of at least 4 members (excludes halogenated alkanes) is 1. The second-order valence-corrected chi connectivity index (χ2v) is 3.83. The summed E-state index contributed by atoms with van der Waals surface area (Å²) in [4.78, 5) is 15.2. The molecular weight excluding hydrogens is 208 g/mol. The van der Waals surface area contributed by atoms with Crippen LogP contribution in [0.25, 0.3) is 0 Å². The maximum absolute atomic E-state index is 10.9. The molecule has 16 heavy (non-hydrogen) atoms. The van der Waals surface area contributed by atoms with Gasteiger partial charge in [-0.15, -0.1) is 0 Å². The molecule has 0 saturated carbocycles. The van der Waals surface area contributed by atoms with Gasteiger partial charge in [0, 0.05) is 6.61 Å². The van der Waals surface area contributed by atoms with E-state index in [9.17, 15) is 4.79 Å². The van der Waals surface area contributed by atoms with Crippen LogP contribution in [0.1, 0.15) is 46.0 Å². The molecule has 5 nitrogen and oxygen atoms in total. The zero-order chi connectivity index (χ0) is 12.2. The summed E-state index contributed by atoms with van der Waals surface area (Å²) in [5.74, 6) is 5.03. The number of nitrogens with one attached hydrogen (secondary N) is 1. The SMILES string of the molecule is CCCCC(CC)COCCC(=O)ONN. The molecule has 0 saturated heterocycles. The molecule has 96 valence electrons. The molecule has 0 aromatic carbocycles. The molecule has 0 bridgehead atoms. The number of carbonyl (C=O) groups is 1. The molecule has 0 rings (SSSR count). The minimum Gasteiger partial charge on any atom is -0.381 e. The summed E-state index contributed by atoms with van der Waals surface area (Å²) < 4.78 is 5.43. The van der Waals surface area contributed by atoms with Crippen molar-refractivity contribution in [3.63, 3.8) is 0 Å². The monoisotopic (exact) mass is 232 g/mol. The molecule has 0 spiro atoms. The van der Waals surface area contributed by atoms with Crippen molar-refractivity contribution in [2.45, 2.75) is 46.0 Å². The van der Waals surface area contributed by atoms with Crippen molar-refractivity contribution < 1.29 is 14.4 Å². The molecule has 1 unspecified atom stereocenters. The number of rotatable bonds is 10. The highest BCUT2D eigenvalue weighted by molar-refractivity contribution is 5.69. The minimum absolute atomic E-state index is 0.231. The summed E-state index contributed by atoms with van der Waals surface area (Å²) in [5, 5.41) is 0. The van der Waals surface area contributed by atoms with Gasteiger partial charge in [0.2, 0.25) is 0 Å². The van der Waals surface area contributed by atoms with Gasteiger partial charge in [-0.2, -0.15) is 0 Å². The summed E-state index contributed by atoms with van der Waals surface area (Å²) >= 11 is 0. The first kappa shape index (κ1) is 15.3. The van der Waals surface area contributed by atoms with E-state index in [0.29, 0.717) is 12.5 Å². The maximum Gasteiger partial charge on any atom is 0.328 e. The third-order valence-electron chi connectivity index (χ3n) is 2.52. The van der Waals surface area contributed by atoms with Crippen molar-refractivity contribution in [1.29, 1.82) is 0 Å². The third-order valence-corrected chi connectivity index (χ3v) is 2.52. The predicted octanol–water partition coefficient (Wildman–Crippen LogP) is 1.53. The molecule has 1 atom stereocenters. The van der Waals surface area contributed by atoms with Crippen molar-refractivity contribution in [3.8, 4) is 0 Å². The Bertz CT molecular complexity index is 177. The normalized spacial score (nSPS) is 12.4. The Morgan fingerprint density at radius 1 is 1.44 bits per heavy atom. The van der Waals surface area contributed by atoms with Crippen molar-refractivity contribution in [2.24, 2.45) is 11.8 Å². The molecule has 0 aromatic rings. The maximum atomic E-state index is 10.9. The summed E-state index contributed by atoms with van der Waals surface area (Å²) in [6, 6.07) is 0. The van der Waals surface area contributed by atoms with Crippen LogP contribution in [-0.2, 0) is 14.4 Å². The lowest BCUT2D eigenvalue weighted by molar-refractivity contribution is -0.152. The fraction of sp³-hybridized carbons (Fsp3) is 0.909. The lowest BCUT2D eigenvalue weighted by atomic mass is 10.0. The second-order valence-electron chi connectivity index (χ2n) is 3.83. The topological polar surface area (TPSA) is 73.6 Å². The molecule has 3 N–H and O–H groups in total. The van der Waals surface area contributed by atoms with Crippen LogP contribution in [0, 0.1) is 5.92 Å². The zero-order valence-corrected chi connectivity index (χ0v) is 10.3. The lowest BCUT2D eigenvalue weighted by Crippen LogP contribution is -2.26. The number of hydrogen-bond donors (Lipinski definition) is 2. The molecule has 5 heteroatoms. The van der Waals surface area contributed by atoms with Gasteiger partial charge < -0.3 is 9.57 Å². The number of nitrogens with two attached hydrogens (primary N) is 1. The fourth-order valence-electron chi connectivity index (χ4n) is 1.42. The van der Waals surface area contributed by atoms with Crippen LogP contribution in [0.5, 0.6) is 0 Å². The van der Waals surface area contributed by atoms with Crippen LogP contribution in [0.2, 0.25) is 0 Å². The standard InChI is InChI=1S/C11H24N2O3/c1-3-5-6-10(4-2)9-15-8-7-11(14)16-13-12/h10,13H,3-9,12H2,1-2H3. The third kappa shape index (κ3) is 8.64. The predicted molar refractivity (Wildman–Crippen MR) is 62.2 cm³/mol. The van der Waals surface area contributed by atoms with E-state index < -0.39 is 5.97 Å². The fourth-order valence-corrected chi connectivity index (χ4v) is 1.42. The minimum atomic E-state index is -0.399. The molecular formula is C11H24N2O3. The highest BCUT2D eigenvalue weighted by Crippen LogP contribution is 2.12. The smallest absolute Gasteiger partial charge is 0.328 e.